The van der Waals surface area contributed by atoms with Crippen molar-refractivity contribution in [1.29, 1.82) is 0 Å². The highest BCUT2D eigenvalue weighted by Crippen LogP contribution is 2.44. The zero-order valence-electron chi connectivity index (χ0n) is 8.84. The lowest BCUT2D eigenvalue weighted by Gasteiger charge is -2.40. The fraction of sp³-hybridized carbons (Fsp3) is 0.846. The fourth-order valence-corrected chi connectivity index (χ4v) is 3.47. The Balaban J connectivity index is 2.02. The number of hydrogen-bond acceptors (Lipinski definition) is 0. The van der Waals surface area contributed by atoms with Crippen LogP contribution in [0.1, 0.15) is 51.9 Å². The van der Waals surface area contributed by atoms with Gasteiger partial charge in [0, 0.05) is 0 Å². The topological polar surface area (TPSA) is 0 Å². The molecule has 0 saturated heterocycles. The first-order valence-electron chi connectivity index (χ1n) is 6.04. The van der Waals surface area contributed by atoms with Gasteiger partial charge in [0.05, 0.1) is 0 Å². The van der Waals surface area contributed by atoms with Crippen LogP contribution in [-0.4, -0.2) is 0 Å². The Bertz CT molecular complexity index is 178. The minimum atomic E-state index is 0.934. The van der Waals surface area contributed by atoms with Crippen LogP contribution in [0.15, 0.2) is 12.2 Å². The lowest BCUT2D eigenvalue weighted by atomic mass is 9.65. The van der Waals surface area contributed by atoms with Crippen LogP contribution >= 0.6 is 0 Å². The summed E-state index contributed by atoms with van der Waals surface area (Å²) in [5.74, 6) is 3.08. The highest BCUT2D eigenvalue weighted by molar-refractivity contribution is 4.95. The van der Waals surface area contributed by atoms with Crippen LogP contribution < -0.4 is 0 Å². The summed E-state index contributed by atoms with van der Waals surface area (Å²) in [6.45, 7) is 2.17. The smallest absolute Gasteiger partial charge is 0.0203 e. The second-order valence-electron chi connectivity index (χ2n) is 4.83. The maximum atomic E-state index is 2.47. The van der Waals surface area contributed by atoms with Gasteiger partial charge in [-0.2, -0.15) is 0 Å². The van der Waals surface area contributed by atoms with Crippen LogP contribution in [0.2, 0.25) is 0 Å². The molecule has 0 aromatic heterocycles. The summed E-state index contributed by atoms with van der Waals surface area (Å²) < 4.78 is 0. The minimum absolute atomic E-state index is 0.934. The Hall–Kier alpha value is -0.260. The zero-order valence-corrected chi connectivity index (χ0v) is 8.84. The van der Waals surface area contributed by atoms with Gasteiger partial charge in [0.2, 0.25) is 0 Å². The summed E-state index contributed by atoms with van der Waals surface area (Å²) in [4.78, 5) is 0. The molecule has 2 aliphatic carbocycles. The summed E-state index contributed by atoms with van der Waals surface area (Å²) >= 11 is 0. The van der Waals surface area contributed by atoms with Crippen molar-refractivity contribution in [3.8, 4) is 0 Å². The molecule has 2 fully saturated rings. The van der Waals surface area contributed by atoms with Gasteiger partial charge in [-0.3, -0.25) is 0 Å². The van der Waals surface area contributed by atoms with E-state index in [0.717, 1.165) is 17.8 Å². The van der Waals surface area contributed by atoms with Crippen LogP contribution in [-0.2, 0) is 0 Å². The van der Waals surface area contributed by atoms with E-state index in [1.54, 1.807) is 0 Å². The van der Waals surface area contributed by atoms with Crippen molar-refractivity contribution in [2.24, 2.45) is 17.8 Å². The van der Waals surface area contributed by atoms with Gasteiger partial charge in [0.15, 0.2) is 0 Å². The molecule has 2 rings (SSSR count). The van der Waals surface area contributed by atoms with Crippen LogP contribution in [0.25, 0.3) is 0 Å². The predicted molar refractivity (Wildman–Crippen MR) is 57.6 cm³/mol. The van der Waals surface area contributed by atoms with Gasteiger partial charge in [0.1, 0.15) is 0 Å². The van der Waals surface area contributed by atoms with Gasteiger partial charge in [-0.1, -0.05) is 44.3 Å². The predicted octanol–water partition coefficient (Wildman–Crippen LogP) is 4.17. The van der Waals surface area contributed by atoms with Crippen molar-refractivity contribution >= 4 is 0 Å². The van der Waals surface area contributed by atoms with E-state index in [9.17, 15) is 0 Å². The third-order valence-electron chi connectivity index (χ3n) is 4.07. The number of allylic oxidation sites excluding steroid dienone is 2. The van der Waals surface area contributed by atoms with Crippen molar-refractivity contribution in [3.05, 3.63) is 12.2 Å². The molecule has 0 spiro atoms. The Morgan fingerprint density at radius 3 is 2.54 bits per heavy atom. The normalized spacial score (nSPS) is 40.5. The van der Waals surface area contributed by atoms with E-state index in [4.69, 9.17) is 0 Å². The quantitative estimate of drug-likeness (QED) is 0.529. The Morgan fingerprint density at radius 2 is 1.69 bits per heavy atom. The molecule has 0 N–H and O–H groups in total. The maximum Gasteiger partial charge on any atom is -0.0203 e. The van der Waals surface area contributed by atoms with E-state index < -0.39 is 0 Å². The summed E-state index contributed by atoms with van der Waals surface area (Å²) in [5.41, 5.74) is 0. The summed E-state index contributed by atoms with van der Waals surface area (Å²) in [5, 5.41) is 0. The molecule has 3 atom stereocenters. The molecule has 2 aliphatic rings. The lowest BCUT2D eigenvalue weighted by Crippen LogP contribution is -2.29. The van der Waals surface area contributed by atoms with Crippen molar-refractivity contribution in [2.75, 3.05) is 0 Å². The highest BCUT2D eigenvalue weighted by Gasteiger charge is 2.32. The average Bonchev–Trinajstić information content (AvgIpc) is 2.19. The Kier molecular flexibility index (Phi) is 3.08. The number of fused-ring (bicyclic) bond motifs is 1. The zero-order chi connectivity index (χ0) is 9.10. The second kappa shape index (κ2) is 4.30. The molecule has 0 radical (unpaired) electrons. The van der Waals surface area contributed by atoms with Crippen LogP contribution in [0.4, 0.5) is 0 Å². The van der Waals surface area contributed by atoms with Gasteiger partial charge in [-0.05, 0) is 37.5 Å². The van der Waals surface area contributed by atoms with Gasteiger partial charge >= 0.3 is 0 Å². The molecule has 3 unspecified atom stereocenters. The van der Waals surface area contributed by atoms with Crippen LogP contribution in [0, 0.1) is 17.8 Å². The first-order chi connectivity index (χ1) is 6.42. The SMILES string of the molecule is CC=CC1CCCC2CCCCC12. The highest BCUT2D eigenvalue weighted by atomic mass is 14.4. The van der Waals surface area contributed by atoms with E-state index in [1.807, 2.05) is 0 Å². The molecule has 74 valence electrons. The maximum absolute atomic E-state index is 2.47. The molecule has 0 heterocycles. The van der Waals surface area contributed by atoms with Crippen molar-refractivity contribution in [1.82, 2.24) is 0 Å². The molecule has 0 nitrogen and oxygen atoms in total. The Labute approximate surface area is 82.4 Å². The molecule has 0 aromatic rings. The van der Waals surface area contributed by atoms with E-state index in [1.165, 1.54) is 44.9 Å². The molecule has 0 aromatic carbocycles. The largest absolute Gasteiger partial charge is 0.0914 e. The molecular weight excluding hydrogens is 156 g/mol. The van der Waals surface area contributed by atoms with Gasteiger partial charge < -0.3 is 0 Å². The standard InChI is InChI=1S/C13H22/c1-2-6-11-8-5-9-12-7-3-4-10-13(11)12/h2,6,11-13H,3-5,7-10H2,1H3. The third kappa shape index (κ3) is 1.98. The van der Waals surface area contributed by atoms with Crippen molar-refractivity contribution in [2.45, 2.75) is 51.9 Å². The van der Waals surface area contributed by atoms with E-state index in [-0.39, 0.29) is 0 Å². The van der Waals surface area contributed by atoms with Gasteiger partial charge in [0.25, 0.3) is 0 Å². The van der Waals surface area contributed by atoms with Crippen LogP contribution in [0.5, 0.6) is 0 Å². The number of hydrogen-bond donors (Lipinski definition) is 0. The first-order valence-corrected chi connectivity index (χ1v) is 6.04. The summed E-state index contributed by atoms with van der Waals surface area (Å²) in [6.07, 6.45) is 15.3. The molecule has 0 bridgehead atoms. The van der Waals surface area contributed by atoms with Crippen molar-refractivity contribution in [3.63, 3.8) is 0 Å². The minimum Gasteiger partial charge on any atom is -0.0914 e. The fourth-order valence-electron chi connectivity index (χ4n) is 3.47. The molecule has 13 heavy (non-hydrogen) atoms. The molecule has 0 heteroatoms. The molecule has 2 saturated carbocycles. The number of rotatable bonds is 1. The van der Waals surface area contributed by atoms with Crippen LogP contribution in [0.3, 0.4) is 0 Å². The van der Waals surface area contributed by atoms with E-state index >= 15 is 0 Å². The lowest BCUT2D eigenvalue weighted by molar-refractivity contribution is 0.130. The summed E-state index contributed by atoms with van der Waals surface area (Å²) in [7, 11) is 0. The molecule has 0 aliphatic heterocycles. The van der Waals surface area contributed by atoms with Crippen molar-refractivity contribution < 1.29 is 0 Å². The monoisotopic (exact) mass is 178 g/mol. The first kappa shape index (κ1) is 9.30. The van der Waals surface area contributed by atoms with Gasteiger partial charge in [-0.25, -0.2) is 0 Å². The average molecular weight is 178 g/mol. The van der Waals surface area contributed by atoms with E-state index in [2.05, 4.69) is 19.1 Å². The van der Waals surface area contributed by atoms with E-state index in [0.29, 0.717) is 0 Å². The third-order valence-corrected chi connectivity index (χ3v) is 4.07. The molecule has 0 amide bonds. The second-order valence-corrected chi connectivity index (χ2v) is 4.83. The van der Waals surface area contributed by atoms with Gasteiger partial charge in [-0.15, -0.1) is 0 Å². The molecular formula is C13H22. The Morgan fingerprint density at radius 1 is 0.923 bits per heavy atom. The summed E-state index contributed by atoms with van der Waals surface area (Å²) in [6, 6.07) is 0.